The molecule has 0 spiro atoms. The molecule has 0 fully saturated rings. The third-order valence-electron chi connectivity index (χ3n) is 3.85. The summed E-state index contributed by atoms with van der Waals surface area (Å²) in [5.74, 6) is -0.346. The number of rotatable bonds is 4. The lowest BCUT2D eigenvalue weighted by molar-refractivity contribution is -0.115. The van der Waals surface area contributed by atoms with E-state index in [2.05, 4.69) is 20.7 Å². The largest absolute Gasteiger partial charge is 0.326 e. The zero-order valence-corrected chi connectivity index (χ0v) is 14.3. The lowest BCUT2D eigenvalue weighted by Crippen LogP contribution is -2.13. The van der Waals surface area contributed by atoms with E-state index in [-0.39, 0.29) is 11.8 Å². The standard InChI is InChI=1S/C18H19N5O2/c1-4-16(24)20-13-6-5-7-14(9-13)21-18(25)12-8-15-11(2)22-23(3)17(15)19-10-12/h5-10H,4H2,1-3H3,(H,20,24)(H,21,25). The topological polar surface area (TPSA) is 88.9 Å². The highest BCUT2D eigenvalue weighted by Gasteiger charge is 2.12. The molecule has 0 saturated carbocycles. The fourth-order valence-electron chi connectivity index (χ4n) is 2.56. The van der Waals surface area contributed by atoms with Crippen molar-refractivity contribution in [1.82, 2.24) is 14.8 Å². The number of benzene rings is 1. The molecule has 2 N–H and O–H groups in total. The Kier molecular flexibility index (Phi) is 4.47. The molecule has 0 aliphatic rings. The molecule has 0 atom stereocenters. The molecule has 3 rings (SSSR count). The van der Waals surface area contributed by atoms with Gasteiger partial charge in [-0.15, -0.1) is 0 Å². The summed E-state index contributed by atoms with van der Waals surface area (Å²) in [6.07, 6.45) is 1.92. The highest BCUT2D eigenvalue weighted by Crippen LogP contribution is 2.19. The van der Waals surface area contributed by atoms with Gasteiger partial charge < -0.3 is 10.6 Å². The second kappa shape index (κ2) is 6.72. The third kappa shape index (κ3) is 3.50. The Morgan fingerprint density at radius 2 is 1.88 bits per heavy atom. The van der Waals surface area contributed by atoms with Crippen molar-refractivity contribution in [3.05, 3.63) is 47.8 Å². The van der Waals surface area contributed by atoms with Crippen LogP contribution < -0.4 is 10.6 Å². The fraction of sp³-hybridized carbons (Fsp3) is 0.222. The van der Waals surface area contributed by atoms with E-state index in [1.165, 1.54) is 6.20 Å². The SMILES string of the molecule is CCC(=O)Nc1cccc(NC(=O)c2cnc3c(c2)c(C)nn3C)c1. The number of carbonyl (C=O) groups excluding carboxylic acids is 2. The Labute approximate surface area is 145 Å². The first-order valence-electron chi connectivity index (χ1n) is 7.98. The molecule has 0 saturated heterocycles. The molecule has 2 heterocycles. The van der Waals surface area contributed by atoms with Crippen LogP contribution >= 0.6 is 0 Å². The van der Waals surface area contributed by atoms with Gasteiger partial charge in [0.25, 0.3) is 5.91 Å². The lowest BCUT2D eigenvalue weighted by Gasteiger charge is -2.08. The van der Waals surface area contributed by atoms with E-state index in [0.717, 1.165) is 16.7 Å². The Morgan fingerprint density at radius 3 is 2.60 bits per heavy atom. The number of anilines is 2. The summed E-state index contributed by atoms with van der Waals surface area (Å²) in [4.78, 5) is 28.3. The van der Waals surface area contributed by atoms with Gasteiger partial charge in [0.2, 0.25) is 5.91 Å². The second-order valence-electron chi connectivity index (χ2n) is 5.74. The lowest BCUT2D eigenvalue weighted by atomic mass is 10.2. The fourth-order valence-corrected chi connectivity index (χ4v) is 2.56. The van der Waals surface area contributed by atoms with Crippen molar-refractivity contribution in [3.8, 4) is 0 Å². The third-order valence-corrected chi connectivity index (χ3v) is 3.85. The van der Waals surface area contributed by atoms with Gasteiger partial charge in [0.15, 0.2) is 5.65 Å². The Morgan fingerprint density at radius 1 is 1.16 bits per heavy atom. The van der Waals surface area contributed by atoms with Crippen LogP contribution in [0.25, 0.3) is 11.0 Å². The Balaban J connectivity index is 1.81. The maximum atomic E-state index is 12.5. The monoisotopic (exact) mass is 337 g/mol. The van der Waals surface area contributed by atoms with Crippen LogP contribution in [-0.4, -0.2) is 26.6 Å². The molecule has 128 valence electrons. The number of pyridine rings is 1. The van der Waals surface area contributed by atoms with Crippen LogP contribution in [0.4, 0.5) is 11.4 Å². The van der Waals surface area contributed by atoms with Crippen LogP contribution in [0.1, 0.15) is 29.4 Å². The van der Waals surface area contributed by atoms with Crippen LogP contribution in [0.2, 0.25) is 0 Å². The van der Waals surface area contributed by atoms with Gasteiger partial charge in [-0.1, -0.05) is 13.0 Å². The first-order valence-corrected chi connectivity index (χ1v) is 7.98. The van der Waals surface area contributed by atoms with Gasteiger partial charge in [0, 0.05) is 36.4 Å². The molecule has 1 aromatic carbocycles. The van der Waals surface area contributed by atoms with Crippen LogP contribution in [0.3, 0.4) is 0 Å². The molecule has 2 amide bonds. The molecule has 7 heteroatoms. The van der Waals surface area contributed by atoms with Gasteiger partial charge in [0.1, 0.15) is 0 Å². The van der Waals surface area contributed by atoms with Crippen molar-refractivity contribution in [2.24, 2.45) is 7.05 Å². The summed E-state index contributed by atoms with van der Waals surface area (Å²) in [6.45, 7) is 3.66. The van der Waals surface area contributed by atoms with E-state index in [9.17, 15) is 9.59 Å². The average Bonchev–Trinajstić information content (AvgIpc) is 2.89. The number of hydrogen-bond acceptors (Lipinski definition) is 4. The van der Waals surface area contributed by atoms with Gasteiger partial charge >= 0.3 is 0 Å². The highest BCUT2D eigenvalue weighted by atomic mass is 16.2. The molecule has 3 aromatic rings. The number of nitrogens with one attached hydrogen (secondary N) is 2. The van der Waals surface area contributed by atoms with Gasteiger partial charge in [-0.05, 0) is 31.2 Å². The molecule has 25 heavy (non-hydrogen) atoms. The van der Waals surface area contributed by atoms with Crippen molar-refractivity contribution < 1.29 is 9.59 Å². The Bertz CT molecular complexity index is 961. The maximum Gasteiger partial charge on any atom is 0.257 e. The predicted molar refractivity (Wildman–Crippen MR) is 96.6 cm³/mol. The average molecular weight is 337 g/mol. The van der Waals surface area contributed by atoms with E-state index >= 15 is 0 Å². The molecule has 0 bridgehead atoms. The van der Waals surface area contributed by atoms with Crippen molar-refractivity contribution in [1.29, 1.82) is 0 Å². The van der Waals surface area contributed by atoms with E-state index in [1.54, 1.807) is 41.9 Å². The molecular formula is C18H19N5O2. The van der Waals surface area contributed by atoms with E-state index in [0.29, 0.717) is 23.4 Å². The predicted octanol–water partition coefficient (Wildman–Crippen LogP) is 2.88. The highest BCUT2D eigenvalue weighted by molar-refractivity contribution is 6.06. The minimum absolute atomic E-state index is 0.0785. The molecule has 7 nitrogen and oxygen atoms in total. The molecular weight excluding hydrogens is 318 g/mol. The summed E-state index contributed by atoms with van der Waals surface area (Å²) in [5, 5.41) is 10.7. The number of fused-ring (bicyclic) bond motifs is 1. The van der Waals surface area contributed by atoms with Gasteiger partial charge in [-0.2, -0.15) is 5.10 Å². The smallest absolute Gasteiger partial charge is 0.257 e. The quantitative estimate of drug-likeness (QED) is 0.766. The second-order valence-corrected chi connectivity index (χ2v) is 5.74. The normalized spacial score (nSPS) is 10.7. The number of aromatic nitrogens is 3. The minimum atomic E-state index is -0.267. The zero-order valence-electron chi connectivity index (χ0n) is 14.3. The zero-order chi connectivity index (χ0) is 18.0. The maximum absolute atomic E-state index is 12.5. The number of amides is 2. The summed E-state index contributed by atoms with van der Waals surface area (Å²) in [6, 6.07) is 8.81. The van der Waals surface area contributed by atoms with Crippen LogP contribution in [0.5, 0.6) is 0 Å². The minimum Gasteiger partial charge on any atom is -0.326 e. The number of carbonyl (C=O) groups is 2. The van der Waals surface area contributed by atoms with Crippen molar-refractivity contribution >= 4 is 34.2 Å². The van der Waals surface area contributed by atoms with E-state index in [1.807, 2.05) is 14.0 Å². The number of aryl methyl sites for hydroxylation is 2. The van der Waals surface area contributed by atoms with Crippen LogP contribution in [0, 0.1) is 6.92 Å². The number of hydrogen-bond donors (Lipinski definition) is 2. The molecule has 0 radical (unpaired) electrons. The van der Waals surface area contributed by atoms with Crippen LogP contribution in [0.15, 0.2) is 36.5 Å². The van der Waals surface area contributed by atoms with Crippen molar-refractivity contribution in [2.45, 2.75) is 20.3 Å². The summed E-state index contributed by atoms with van der Waals surface area (Å²) >= 11 is 0. The first kappa shape index (κ1) is 16.6. The first-order chi connectivity index (χ1) is 12.0. The van der Waals surface area contributed by atoms with Gasteiger partial charge in [-0.3, -0.25) is 14.3 Å². The van der Waals surface area contributed by atoms with Gasteiger partial charge in [-0.25, -0.2) is 4.98 Å². The summed E-state index contributed by atoms with van der Waals surface area (Å²) < 4.78 is 1.69. The Hall–Kier alpha value is -3.22. The van der Waals surface area contributed by atoms with E-state index < -0.39 is 0 Å². The molecule has 0 aliphatic carbocycles. The van der Waals surface area contributed by atoms with Gasteiger partial charge in [0.05, 0.1) is 11.3 Å². The van der Waals surface area contributed by atoms with Crippen molar-refractivity contribution in [3.63, 3.8) is 0 Å². The molecule has 0 unspecified atom stereocenters. The summed E-state index contributed by atoms with van der Waals surface area (Å²) in [5.41, 5.74) is 3.25. The van der Waals surface area contributed by atoms with Crippen LogP contribution in [-0.2, 0) is 11.8 Å². The van der Waals surface area contributed by atoms with Crippen molar-refractivity contribution in [2.75, 3.05) is 10.6 Å². The van der Waals surface area contributed by atoms with E-state index in [4.69, 9.17) is 0 Å². The summed E-state index contributed by atoms with van der Waals surface area (Å²) in [7, 11) is 1.82. The number of nitrogens with zero attached hydrogens (tertiary/aromatic N) is 3. The molecule has 0 aliphatic heterocycles. The molecule has 2 aromatic heterocycles.